The smallest absolute Gasteiger partial charge is 0.115 e. The summed E-state index contributed by atoms with van der Waals surface area (Å²) in [6.07, 6.45) is 5.01. The normalized spacial score (nSPS) is 10.7. The zero-order valence-corrected chi connectivity index (χ0v) is 10.0. The van der Waals surface area contributed by atoms with Crippen LogP contribution in [0.3, 0.4) is 0 Å². The van der Waals surface area contributed by atoms with Crippen molar-refractivity contribution in [3.05, 3.63) is 48.7 Å². The summed E-state index contributed by atoms with van der Waals surface area (Å²) >= 11 is 0. The number of rotatable bonds is 3. The maximum absolute atomic E-state index is 4.52. The number of para-hydroxylation sites is 1. The quantitative estimate of drug-likeness (QED) is 0.759. The van der Waals surface area contributed by atoms with Crippen molar-refractivity contribution in [1.29, 1.82) is 0 Å². The first-order valence-electron chi connectivity index (χ1n) is 5.74. The molecule has 18 heavy (non-hydrogen) atoms. The highest BCUT2D eigenvalue weighted by Gasteiger charge is 2.07. The summed E-state index contributed by atoms with van der Waals surface area (Å²) in [7, 11) is 1.96. The van der Waals surface area contributed by atoms with Gasteiger partial charge in [0.25, 0.3) is 0 Å². The summed E-state index contributed by atoms with van der Waals surface area (Å²) in [6.45, 7) is 0.661. The van der Waals surface area contributed by atoms with Crippen LogP contribution in [0.4, 0.5) is 5.69 Å². The highest BCUT2D eigenvalue weighted by Crippen LogP contribution is 2.18. The van der Waals surface area contributed by atoms with Gasteiger partial charge in [0.2, 0.25) is 0 Å². The van der Waals surface area contributed by atoms with Crippen LogP contribution < -0.4 is 5.32 Å². The zero-order valence-electron chi connectivity index (χ0n) is 10.0. The van der Waals surface area contributed by atoms with Gasteiger partial charge in [-0.05, 0) is 6.07 Å². The number of fused-ring (bicyclic) bond motifs is 1. The molecule has 3 aromatic rings. The Labute approximate surface area is 104 Å². The second kappa shape index (κ2) is 4.44. The molecule has 5 nitrogen and oxygen atoms in total. The van der Waals surface area contributed by atoms with Crippen molar-refractivity contribution in [2.45, 2.75) is 6.54 Å². The Hall–Kier alpha value is -2.43. The third kappa shape index (κ3) is 1.90. The van der Waals surface area contributed by atoms with Gasteiger partial charge in [0, 0.05) is 12.4 Å². The average Bonchev–Trinajstić information content (AvgIpc) is 2.75. The zero-order chi connectivity index (χ0) is 12.4. The van der Waals surface area contributed by atoms with E-state index in [-0.39, 0.29) is 0 Å². The molecule has 0 unspecified atom stereocenters. The van der Waals surface area contributed by atoms with Crippen LogP contribution in [0.25, 0.3) is 10.9 Å². The third-order valence-corrected chi connectivity index (χ3v) is 2.85. The minimum absolute atomic E-state index is 0.661. The molecule has 0 saturated heterocycles. The molecule has 0 amide bonds. The van der Waals surface area contributed by atoms with Gasteiger partial charge >= 0.3 is 0 Å². The van der Waals surface area contributed by atoms with Crippen molar-refractivity contribution in [2.75, 3.05) is 5.32 Å². The Bertz CT molecular complexity index is 659. The molecule has 0 atom stereocenters. The standard InChI is InChI=1S/C13H13N5/c1-18-13-5-3-2-4-11(13)12(17-18)8-16-10-6-14-9-15-7-10/h2-7,9,16H,8H2,1H3. The van der Waals surface area contributed by atoms with Crippen LogP contribution in [0, 0.1) is 0 Å². The molecule has 1 aromatic carbocycles. The van der Waals surface area contributed by atoms with Crippen LogP contribution in [0.15, 0.2) is 43.0 Å². The molecule has 90 valence electrons. The number of anilines is 1. The van der Waals surface area contributed by atoms with Crippen LogP contribution in [0.5, 0.6) is 0 Å². The Morgan fingerprint density at radius 1 is 1.17 bits per heavy atom. The van der Waals surface area contributed by atoms with Crippen LogP contribution in [0.2, 0.25) is 0 Å². The lowest BCUT2D eigenvalue weighted by Gasteiger charge is -2.02. The van der Waals surface area contributed by atoms with Gasteiger partial charge in [0.1, 0.15) is 6.33 Å². The molecule has 0 aliphatic carbocycles. The Balaban J connectivity index is 1.87. The van der Waals surface area contributed by atoms with Gasteiger partial charge in [-0.25, -0.2) is 9.97 Å². The second-order valence-corrected chi connectivity index (χ2v) is 4.07. The van der Waals surface area contributed by atoms with E-state index in [0.29, 0.717) is 6.54 Å². The van der Waals surface area contributed by atoms with Crippen molar-refractivity contribution in [3.63, 3.8) is 0 Å². The van der Waals surface area contributed by atoms with Crippen molar-refractivity contribution < 1.29 is 0 Å². The molecule has 0 fully saturated rings. The predicted octanol–water partition coefficient (Wildman–Crippen LogP) is 1.98. The lowest BCUT2D eigenvalue weighted by molar-refractivity contribution is 0.771. The largest absolute Gasteiger partial charge is 0.377 e. The highest BCUT2D eigenvalue weighted by atomic mass is 15.3. The molecule has 0 saturated carbocycles. The van der Waals surface area contributed by atoms with Gasteiger partial charge in [-0.3, -0.25) is 4.68 Å². The van der Waals surface area contributed by atoms with Crippen LogP contribution >= 0.6 is 0 Å². The van der Waals surface area contributed by atoms with E-state index < -0.39 is 0 Å². The molecule has 0 radical (unpaired) electrons. The number of benzene rings is 1. The van der Waals surface area contributed by atoms with Gasteiger partial charge in [-0.2, -0.15) is 5.10 Å². The fourth-order valence-electron chi connectivity index (χ4n) is 2.00. The number of aryl methyl sites for hydroxylation is 1. The fourth-order valence-corrected chi connectivity index (χ4v) is 2.00. The number of hydrogen-bond donors (Lipinski definition) is 1. The molecule has 0 aliphatic rings. The van der Waals surface area contributed by atoms with Crippen molar-refractivity contribution >= 4 is 16.6 Å². The molecule has 2 heterocycles. The summed E-state index contributed by atoms with van der Waals surface area (Å²) in [4.78, 5) is 7.93. The van der Waals surface area contributed by atoms with Crippen molar-refractivity contribution in [1.82, 2.24) is 19.7 Å². The second-order valence-electron chi connectivity index (χ2n) is 4.07. The molecule has 0 spiro atoms. The average molecular weight is 239 g/mol. The van der Waals surface area contributed by atoms with Gasteiger partial charge in [0.15, 0.2) is 0 Å². The van der Waals surface area contributed by atoms with E-state index in [1.807, 2.05) is 23.9 Å². The molecule has 0 bridgehead atoms. The maximum atomic E-state index is 4.52. The molecule has 0 aliphatic heterocycles. The van der Waals surface area contributed by atoms with E-state index in [1.165, 1.54) is 11.7 Å². The van der Waals surface area contributed by atoms with E-state index >= 15 is 0 Å². The lowest BCUT2D eigenvalue weighted by atomic mass is 10.2. The first-order chi connectivity index (χ1) is 8.84. The van der Waals surface area contributed by atoms with Crippen molar-refractivity contribution in [3.8, 4) is 0 Å². The topological polar surface area (TPSA) is 55.6 Å². The number of aromatic nitrogens is 4. The minimum atomic E-state index is 0.661. The summed E-state index contributed by atoms with van der Waals surface area (Å²) in [5.41, 5.74) is 3.06. The Kier molecular flexibility index (Phi) is 2.64. The van der Waals surface area contributed by atoms with E-state index in [2.05, 4.69) is 32.5 Å². The summed E-state index contributed by atoms with van der Waals surface area (Å²) in [5, 5.41) is 8.95. The third-order valence-electron chi connectivity index (χ3n) is 2.85. The van der Waals surface area contributed by atoms with Gasteiger partial charge < -0.3 is 5.32 Å². The molecular weight excluding hydrogens is 226 g/mol. The van der Waals surface area contributed by atoms with Crippen LogP contribution in [-0.2, 0) is 13.6 Å². The molecule has 2 aromatic heterocycles. The van der Waals surface area contributed by atoms with Crippen LogP contribution in [0.1, 0.15) is 5.69 Å². The van der Waals surface area contributed by atoms with Gasteiger partial charge in [-0.15, -0.1) is 0 Å². The Morgan fingerprint density at radius 2 is 1.94 bits per heavy atom. The predicted molar refractivity (Wildman–Crippen MR) is 70.1 cm³/mol. The van der Waals surface area contributed by atoms with E-state index in [9.17, 15) is 0 Å². The SMILES string of the molecule is Cn1nc(CNc2cncnc2)c2ccccc21. The van der Waals surface area contributed by atoms with Gasteiger partial charge in [0.05, 0.1) is 35.8 Å². The van der Waals surface area contributed by atoms with Crippen molar-refractivity contribution in [2.24, 2.45) is 7.05 Å². The number of nitrogens with zero attached hydrogens (tertiary/aromatic N) is 4. The summed E-state index contributed by atoms with van der Waals surface area (Å²) in [5.74, 6) is 0. The monoisotopic (exact) mass is 239 g/mol. The first kappa shape index (κ1) is 10.7. The Morgan fingerprint density at radius 3 is 2.78 bits per heavy atom. The first-order valence-corrected chi connectivity index (χ1v) is 5.74. The number of hydrogen-bond acceptors (Lipinski definition) is 4. The van der Waals surface area contributed by atoms with E-state index in [0.717, 1.165) is 16.9 Å². The summed E-state index contributed by atoms with van der Waals surface area (Å²) < 4.78 is 1.90. The molecule has 3 rings (SSSR count). The molecule has 5 heteroatoms. The fraction of sp³-hybridized carbons (Fsp3) is 0.154. The molecular formula is C13H13N5. The molecule has 1 N–H and O–H groups in total. The van der Waals surface area contributed by atoms with Crippen LogP contribution in [-0.4, -0.2) is 19.7 Å². The van der Waals surface area contributed by atoms with E-state index in [1.54, 1.807) is 12.4 Å². The minimum Gasteiger partial charge on any atom is -0.377 e. The highest BCUT2D eigenvalue weighted by molar-refractivity contribution is 5.82. The summed E-state index contributed by atoms with van der Waals surface area (Å²) in [6, 6.07) is 8.20. The lowest BCUT2D eigenvalue weighted by Crippen LogP contribution is -2.02. The van der Waals surface area contributed by atoms with Gasteiger partial charge in [-0.1, -0.05) is 18.2 Å². The number of nitrogens with one attached hydrogen (secondary N) is 1. The van der Waals surface area contributed by atoms with E-state index in [4.69, 9.17) is 0 Å². The maximum Gasteiger partial charge on any atom is 0.115 e.